The van der Waals surface area contributed by atoms with Crippen LogP contribution < -0.4 is 10.6 Å². The predicted octanol–water partition coefficient (Wildman–Crippen LogP) is 2.91. The average Bonchev–Trinajstić information content (AvgIpc) is 2.46. The molecule has 0 aliphatic carbocycles. The maximum Gasteiger partial charge on any atom is 0.217 e. The fourth-order valence-corrected chi connectivity index (χ4v) is 4.24. The van der Waals surface area contributed by atoms with E-state index in [1.807, 2.05) is 30.3 Å². The largest absolute Gasteiger partial charge is 0.353 e. The van der Waals surface area contributed by atoms with Gasteiger partial charge in [-0.1, -0.05) is 18.2 Å². The Morgan fingerprint density at radius 2 is 1.82 bits per heavy atom. The van der Waals surface area contributed by atoms with Crippen molar-refractivity contribution >= 4 is 28.9 Å². The number of carbonyl (C=O) groups is 1. The smallest absolute Gasteiger partial charge is 0.217 e. The summed E-state index contributed by atoms with van der Waals surface area (Å²) in [4.78, 5) is 13.7. The molecular formula is C17H23N3OS. The van der Waals surface area contributed by atoms with Gasteiger partial charge in [0.2, 0.25) is 5.91 Å². The lowest BCUT2D eigenvalue weighted by Crippen LogP contribution is -2.59. The molecule has 0 spiro atoms. The number of piperidine rings is 2. The van der Waals surface area contributed by atoms with Crippen molar-refractivity contribution in [2.45, 2.75) is 57.2 Å². The predicted molar refractivity (Wildman–Crippen MR) is 92.8 cm³/mol. The Bertz CT molecular complexity index is 534. The number of amides is 1. The molecule has 118 valence electrons. The van der Waals surface area contributed by atoms with Crippen molar-refractivity contribution in [2.24, 2.45) is 0 Å². The normalized spacial score (nSPS) is 27.1. The first-order chi connectivity index (χ1) is 10.6. The zero-order chi connectivity index (χ0) is 15.5. The van der Waals surface area contributed by atoms with Gasteiger partial charge in [-0.3, -0.25) is 4.79 Å². The lowest BCUT2D eigenvalue weighted by molar-refractivity contribution is -0.120. The molecule has 22 heavy (non-hydrogen) atoms. The van der Waals surface area contributed by atoms with Crippen LogP contribution in [0.2, 0.25) is 0 Å². The highest BCUT2D eigenvalue weighted by Gasteiger charge is 2.39. The Morgan fingerprint density at radius 3 is 2.41 bits per heavy atom. The summed E-state index contributed by atoms with van der Waals surface area (Å²) in [5.41, 5.74) is 1.04. The van der Waals surface area contributed by atoms with Crippen LogP contribution in [0.3, 0.4) is 0 Å². The first-order valence-electron chi connectivity index (χ1n) is 8.05. The van der Waals surface area contributed by atoms with E-state index >= 15 is 0 Å². The van der Waals surface area contributed by atoms with Gasteiger partial charge in [0.1, 0.15) is 0 Å². The number of benzene rings is 1. The number of hydrogen-bond acceptors (Lipinski definition) is 2. The maximum absolute atomic E-state index is 11.3. The number of thiocarbonyl (C=S) groups is 1. The highest BCUT2D eigenvalue weighted by molar-refractivity contribution is 7.80. The van der Waals surface area contributed by atoms with E-state index in [-0.39, 0.29) is 5.91 Å². The van der Waals surface area contributed by atoms with Gasteiger partial charge < -0.3 is 15.5 Å². The first-order valence-corrected chi connectivity index (χ1v) is 8.46. The lowest BCUT2D eigenvalue weighted by atomic mass is 9.82. The zero-order valence-electron chi connectivity index (χ0n) is 12.9. The molecule has 4 nitrogen and oxygen atoms in total. The third-order valence-corrected chi connectivity index (χ3v) is 4.95. The molecule has 2 N–H and O–H groups in total. The summed E-state index contributed by atoms with van der Waals surface area (Å²) in [7, 11) is 0. The van der Waals surface area contributed by atoms with E-state index in [0.717, 1.165) is 36.5 Å². The molecule has 0 aromatic heterocycles. The molecule has 1 aromatic rings. The maximum atomic E-state index is 11.3. The fourth-order valence-electron chi connectivity index (χ4n) is 3.83. The molecule has 0 unspecified atom stereocenters. The number of nitrogens with zero attached hydrogens (tertiary/aromatic N) is 1. The van der Waals surface area contributed by atoms with Crippen molar-refractivity contribution in [3.05, 3.63) is 30.3 Å². The van der Waals surface area contributed by atoms with E-state index in [9.17, 15) is 4.79 Å². The molecule has 2 aliphatic rings. The third-order valence-electron chi connectivity index (χ3n) is 4.64. The third kappa shape index (κ3) is 3.40. The quantitative estimate of drug-likeness (QED) is 0.823. The van der Waals surface area contributed by atoms with Crippen molar-refractivity contribution in [3.8, 4) is 0 Å². The van der Waals surface area contributed by atoms with Gasteiger partial charge in [0.05, 0.1) is 0 Å². The SMILES string of the molecule is CC(=O)NC1C[C@H]2CCC[C@H](C1)N2C(=S)Nc1ccccc1. The van der Waals surface area contributed by atoms with Crippen molar-refractivity contribution in [1.29, 1.82) is 0 Å². The monoisotopic (exact) mass is 317 g/mol. The number of para-hydroxylation sites is 1. The topological polar surface area (TPSA) is 44.4 Å². The molecule has 1 aromatic carbocycles. The molecular weight excluding hydrogens is 294 g/mol. The summed E-state index contributed by atoms with van der Waals surface area (Å²) in [6, 6.07) is 11.3. The summed E-state index contributed by atoms with van der Waals surface area (Å²) in [6.07, 6.45) is 5.55. The van der Waals surface area contributed by atoms with Gasteiger partial charge in [-0.05, 0) is 56.5 Å². The molecule has 2 heterocycles. The van der Waals surface area contributed by atoms with Gasteiger partial charge in [-0.25, -0.2) is 0 Å². The van der Waals surface area contributed by atoms with E-state index in [1.165, 1.54) is 6.42 Å². The number of carbonyl (C=O) groups excluding carboxylic acids is 1. The Kier molecular flexibility index (Phi) is 4.62. The molecule has 1 amide bonds. The van der Waals surface area contributed by atoms with Crippen LogP contribution in [-0.2, 0) is 4.79 Å². The second-order valence-corrected chi connectivity index (χ2v) is 6.70. The van der Waals surface area contributed by atoms with Gasteiger partial charge in [-0.2, -0.15) is 0 Å². The van der Waals surface area contributed by atoms with Crippen LogP contribution in [0.1, 0.15) is 39.0 Å². The first kappa shape index (κ1) is 15.3. The second-order valence-electron chi connectivity index (χ2n) is 6.31. The Morgan fingerprint density at radius 1 is 1.18 bits per heavy atom. The van der Waals surface area contributed by atoms with Crippen LogP contribution in [0.25, 0.3) is 0 Å². The summed E-state index contributed by atoms with van der Waals surface area (Å²) in [6.45, 7) is 1.60. The number of fused-ring (bicyclic) bond motifs is 2. The Labute approximate surface area is 137 Å². The minimum Gasteiger partial charge on any atom is -0.353 e. The van der Waals surface area contributed by atoms with E-state index in [1.54, 1.807) is 6.92 Å². The summed E-state index contributed by atoms with van der Waals surface area (Å²) in [5, 5.41) is 7.28. The van der Waals surface area contributed by atoms with E-state index in [0.29, 0.717) is 18.1 Å². The minimum atomic E-state index is 0.0708. The number of hydrogen-bond donors (Lipinski definition) is 2. The Balaban J connectivity index is 1.68. The lowest BCUT2D eigenvalue weighted by Gasteiger charge is -2.50. The van der Waals surface area contributed by atoms with Crippen molar-refractivity contribution in [1.82, 2.24) is 10.2 Å². The summed E-state index contributed by atoms with van der Waals surface area (Å²) < 4.78 is 0. The molecule has 2 saturated heterocycles. The number of nitrogens with one attached hydrogen (secondary N) is 2. The van der Waals surface area contributed by atoms with Gasteiger partial charge in [0.25, 0.3) is 0 Å². The van der Waals surface area contributed by atoms with E-state index in [4.69, 9.17) is 12.2 Å². The molecule has 0 saturated carbocycles. The molecule has 0 radical (unpaired) electrons. The van der Waals surface area contributed by atoms with Gasteiger partial charge in [0, 0.05) is 30.7 Å². The van der Waals surface area contributed by atoms with Crippen LogP contribution in [0.15, 0.2) is 30.3 Å². The zero-order valence-corrected chi connectivity index (χ0v) is 13.7. The van der Waals surface area contributed by atoms with E-state index in [2.05, 4.69) is 15.5 Å². The highest BCUT2D eigenvalue weighted by Crippen LogP contribution is 2.34. The number of anilines is 1. The molecule has 2 fully saturated rings. The second kappa shape index (κ2) is 6.65. The van der Waals surface area contributed by atoms with Gasteiger partial charge in [-0.15, -0.1) is 0 Å². The van der Waals surface area contributed by atoms with E-state index < -0.39 is 0 Å². The molecule has 3 rings (SSSR count). The fraction of sp³-hybridized carbons (Fsp3) is 0.529. The Hall–Kier alpha value is -1.62. The average molecular weight is 317 g/mol. The van der Waals surface area contributed by atoms with Crippen LogP contribution in [-0.4, -0.2) is 34.0 Å². The minimum absolute atomic E-state index is 0.0708. The van der Waals surface area contributed by atoms with Gasteiger partial charge in [0.15, 0.2) is 5.11 Å². The van der Waals surface area contributed by atoms with Crippen molar-refractivity contribution in [2.75, 3.05) is 5.32 Å². The van der Waals surface area contributed by atoms with Crippen LogP contribution in [0.5, 0.6) is 0 Å². The van der Waals surface area contributed by atoms with Crippen LogP contribution >= 0.6 is 12.2 Å². The van der Waals surface area contributed by atoms with Crippen LogP contribution in [0.4, 0.5) is 5.69 Å². The van der Waals surface area contributed by atoms with Crippen molar-refractivity contribution < 1.29 is 4.79 Å². The standard InChI is InChI=1S/C17H23N3OS/c1-12(21)18-14-10-15-8-5-9-16(11-14)20(15)17(22)19-13-6-3-2-4-7-13/h2-4,6-7,14-16H,5,8-11H2,1H3,(H,18,21)(H,19,22)/t15-,16-/m1/s1. The highest BCUT2D eigenvalue weighted by atomic mass is 32.1. The van der Waals surface area contributed by atoms with Crippen molar-refractivity contribution in [3.63, 3.8) is 0 Å². The molecule has 5 heteroatoms. The summed E-state index contributed by atoms with van der Waals surface area (Å²) in [5.74, 6) is 0.0708. The molecule has 2 aliphatic heterocycles. The van der Waals surface area contributed by atoms with Crippen LogP contribution in [0, 0.1) is 0 Å². The molecule has 2 atom stereocenters. The molecule has 2 bridgehead atoms. The summed E-state index contributed by atoms with van der Waals surface area (Å²) >= 11 is 5.66. The number of rotatable bonds is 2. The van der Waals surface area contributed by atoms with Gasteiger partial charge >= 0.3 is 0 Å².